The van der Waals surface area contributed by atoms with Gasteiger partial charge in [-0.15, -0.1) is 0 Å². The molecule has 2 aliphatic rings. The minimum absolute atomic E-state index is 0.220. The number of benzene rings is 4. The average molecular weight is 638 g/mol. The van der Waals surface area contributed by atoms with Crippen LogP contribution in [0.5, 0.6) is 5.75 Å². The fourth-order valence-corrected chi connectivity index (χ4v) is 6.10. The fraction of sp³-hybridized carbons (Fsp3) is 0.316. The van der Waals surface area contributed by atoms with E-state index in [0.717, 1.165) is 16.7 Å². The molecule has 2 fully saturated rings. The van der Waals surface area contributed by atoms with Gasteiger partial charge in [0.2, 0.25) is 6.10 Å². The van der Waals surface area contributed by atoms with Crippen LogP contribution in [0.15, 0.2) is 115 Å². The van der Waals surface area contributed by atoms with Crippen molar-refractivity contribution in [3.63, 3.8) is 0 Å². The van der Waals surface area contributed by atoms with E-state index in [1.807, 2.05) is 91.0 Å². The number of esters is 1. The number of ether oxygens (including phenoxy) is 6. The molecule has 0 radical (unpaired) electrons. The van der Waals surface area contributed by atoms with Gasteiger partial charge in [-0.25, -0.2) is 0 Å². The molecule has 0 spiro atoms. The van der Waals surface area contributed by atoms with Gasteiger partial charge in [0.15, 0.2) is 0 Å². The SMILES string of the molecule is COc1ccc(N2C(=O)[C@H](OC(C)=O)[C@@H]2[C@@H]2O[C@H](COCc3ccccc3)[C@@H](OCc3ccccc3)[C@H]2OCc2ccccc2)cc1. The van der Waals surface area contributed by atoms with Crippen LogP contribution in [0.4, 0.5) is 5.69 Å². The van der Waals surface area contributed by atoms with Gasteiger partial charge in [0, 0.05) is 12.6 Å². The van der Waals surface area contributed by atoms with Crippen molar-refractivity contribution in [1.82, 2.24) is 0 Å². The van der Waals surface area contributed by atoms with E-state index >= 15 is 0 Å². The molecule has 47 heavy (non-hydrogen) atoms. The normalized spacial score (nSPS) is 23.7. The number of methoxy groups -OCH3 is 1. The highest BCUT2D eigenvalue weighted by molar-refractivity contribution is 6.06. The molecule has 0 aliphatic carbocycles. The number of nitrogens with zero attached hydrogens (tertiary/aromatic N) is 1. The molecule has 0 bridgehead atoms. The predicted octanol–water partition coefficient (Wildman–Crippen LogP) is 5.50. The van der Waals surface area contributed by atoms with Gasteiger partial charge in [-0.05, 0) is 41.0 Å². The molecule has 9 heteroatoms. The van der Waals surface area contributed by atoms with Gasteiger partial charge in [-0.3, -0.25) is 14.5 Å². The maximum Gasteiger partial charge on any atom is 0.303 e. The number of carbonyl (C=O) groups excluding carboxylic acids is 2. The summed E-state index contributed by atoms with van der Waals surface area (Å²) in [5.41, 5.74) is 3.63. The summed E-state index contributed by atoms with van der Waals surface area (Å²) in [7, 11) is 1.58. The molecule has 6 atom stereocenters. The second-order valence-electron chi connectivity index (χ2n) is 11.6. The van der Waals surface area contributed by atoms with E-state index in [4.69, 9.17) is 28.4 Å². The summed E-state index contributed by atoms with van der Waals surface area (Å²) >= 11 is 0. The van der Waals surface area contributed by atoms with Gasteiger partial charge in [0.1, 0.15) is 36.2 Å². The van der Waals surface area contributed by atoms with Gasteiger partial charge in [-0.2, -0.15) is 0 Å². The second-order valence-corrected chi connectivity index (χ2v) is 11.6. The van der Waals surface area contributed by atoms with Crippen LogP contribution in [-0.2, 0) is 53.1 Å². The molecule has 0 aromatic heterocycles. The maximum atomic E-state index is 13.6. The Balaban J connectivity index is 1.32. The summed E-state index contributed by atoms with van der Waals surface area (Å²) in [6, 6.07) is 36.1. The molecule has 0 N–H and O–H groups in total. The molecule has 0 unspecified atom stereocenters. The van der Waals surface area contributed by atoms with Crippen LogP contribution in [-0.4, -0.2) is 62.2 Å². The lowest BCUT2D eigenvalue weighted by Crippen LogP contribution is -2.72. The van der Waals surface area contributed by atoms with Gasteiger partial charge >= 0.3 is 5.97 Å². The molecule has 9 nitrogen and oxygen atoms in total. The number of hydrogen-bond acceptors (Lipinski definition) is 8. The van der Waals surface area contributed by atoms with Crippen LogP contribution >= 0.6 is 0 Å². The minimum Gasteiger partial charge on any atom is -0.497 e. The van der Waals surface area contributed by atoms with Crippen LogP contribution in [0.1, 0.15) is 23.6 Å². The summed E-state index contributed by atoms with van der Waals surface area (Å²) in [4.78, 5) is 27.4. The summed E-state index contributed by atoms with van der Waals surface area (Å²) in [5.74, 6) is -0.241. The molecule has 4 aromatic rings. The van der Waals surface area contributed by atoms with Crippen molar-refractivity contribution in [3.05, 3.63) is 132 Å². The minimum atomic E-state index is -1.05. The molecule has 2 aliphatic heterocycles. The third-order valence-corrected chi connectivity index (χ3v) is 8.38. The van der Waals surface area contributed by atoms with Crippen LogP contribution < -0.4 is 9.64 Å². The summed E-state index contributed by atoms with van der Waals surface area (Å²) in [6.45, 7) is 2.52. The van der Waals surface area contributed by atoms with E-state index in [1.54, 1.807) is 36.3 Å². The molecule has 0 saturated carbocycles. The number of amides is 1. The van der Waals surface area contributed by atoms with Crippen molar-refractivity contribution in [2.45, 2.75) is 63.3 Å². The summed E-state index contributed by atoms with van der Waals surface area (Å²) in [5, 5.41) is 0. The highest BCUT2D eigenvalue weighted by atomic mass is 16.6. The monoisotopic (exact) mass is 637 g/mol. The van der Waals surface area contributed by atoms with Crippen molar-refractivity contribution in [1.29, 1.82) is 0 Å². The number of β-lactam (4-membered cyclic amide) rings is 1. The highest BCUT2D eigenvalue weighted by Gasteiger charge is 2.61. The molecule has 244 valence electrons. The molecule has 6 rings (SSSR count). The molecule has 2 heterocycles. The zero-order valence-corrected chi connectivity index (χ0v) is 26.5. The van der Waals surface area contributed by atoms with E-state index in [1.165, 1.54) is 6.92 Å². The van der Waals surface area contributed by atoms with Crippen molar-refractivity contribution < 1.29 is 38.0 Å². The first-order valence-corrected chi connectivity index (χ1v) is 15.7. The Morgan fingerprint density at radius 1 is 0.723 bits per heavy atom. The predicted molar refractivity (Wildman–Crippen MR) is 175 cm³/mol. The molecule has 2 saturated heterocycles. The summed E-state index contributed by atoms with van der Waals surface area (Å²) < 4.78 is 37.2. The Hall–Kier alpha value is -4.54. The van der Waals surface area contributed by atoms with Crippen molar-refractivity contribution >= 4 is 17.6 Å². The maximum absolute atomic E-state index is 13.6. The topological polar surface area (TPSA) is 92.8 Å². The lowest BCUT2D eigenvalue weighted by molar-refractivity contribution is -0.168. The average Bonchev–Trinajstić information content (AvgIpc) is 3.44. The molecule has 1 amide bonds. The van der Waals surface area contributed by atoms with Crippen LogP contribution in [0.2, 0.25) is 0 Å². The largest absolute Gasteiger partial charge is 0.497 e. The molecule has 4 aromatic carbocycles. The van der Waals surface area contributed by atoms with Crippen molar-refractivity contribution in [3.8, 4) is 5.75 Å². The quantitative estimate of drug-likeness (QED) is 0.132. The number of hydrogen-bond donors (Lipinski definition) is 0. The zero-order valence-electron chi connectivity index (χ0n) is 26.5. The Labute approximate surface area is 274 Å². The van der Waals surface area contributed by atoms with Crippen molar-refractivity contribution in [2.75, 3.05) is 18.6 Å². The van der Waals surface area contributed by atoms with E-state index in [-0.39, 0.29) is 19.1 Å². The van der Waals surface area contributed by atoms with Gasteiger partial charge < -0.3 is 28.4 Å². The van der Waals surface area contributed by atoms with Gasteiger partial charge in [0.25, 0.3) is 5.91 Å². The zero-order chi connectivity index (χ0) is 32.6. The lowest BCUT2D eigenvalue weighted by Gasteiger charge is -2.49. The van der Waals surface area contributed by atoms with Crippen LogP contribution in [0.3, 0.4) is 0 Å². The van der Waals surface area contributed by atoms with E-state index < -0.39 is 42.5 Å². The Morgan fingerprint density at radius 3 is 1.79 bits per heavy atom. The summed E-state index contributed by atoms with van der Waals surface area (Å²) in [6.07, 6.45) is -3.51. The number of anilines is 1. The van der Waals surface area contributed by atoms with E-state index in [9.17, 15) is 9.59 Å². The third kappa shape index (κ3) is 7.72. The van der Waals surface area contributed by atoms with Crippen LogP contribution in [0.25, 0.3) is 0 Å². The fourth-order valence-electron chi connectivity index (χ4n) is 6.10. The van der Waals surface area contributed by atoms with Crippen molar-refractivity contribution in [2.24, 2.45) is 0 Å². The molecular formula is C38H39NO8. The first-order chi connectivity index (χ1) is 23.0. The standard InChI is InChI=1S/C38H39NO8/c1-26(40)46-36-33(39(38(36)41)30-18-20-31(42-2)21-19-30)35-37(45-24-29-16-10-5-11-17-29)34(44-23-28-14-8-4-9-15-28)32(47-35)25-43-22-27-12-6-3-7-13-27/h3-21,32-37H,22-25H2,1-2H3/t32-,33+,34-,35+,36-,37-/m1/s1. The van der Waals surface area contributed by atoms with Gasteiger partial charge in [-0.1, -0.05) is 91.0 Å². The Kier molecular flexibility index (Phi) is 10.6. The number of rotatable bonds is 14. The van der Waals surface area contributed by atoms with Gasteiger partial charge in [0.05, 0.1) is 33.5 Å². The third-order valence-electron chi connectivity index (χ3n) is 8.38. The first-order valence-electron chi connectivity index (χ1n) is 15.7. The molecular weight excluding hydrogens is 598 g/mol. The Bertz CT molecular complexity index is 1580. The second kappa shape index (κ2) is 15.4. The lowest BCUT2D eigenvalue weighted by atomic mass is 9.87. The van der Waals surface area contributed by atoms with E-state index in [2.05, 4.69) is 0 Å². The van der Waals surface area contributed by atoms with E-state index in [0.29, 0.717) is 24.7 Å². The number of carbonyl (C=O) groups is 2. The highest BCUT2D eigenvalue weighted by Crippen LogP contribution is 2.41. The first kappa shape index (κ1) is 32.4. The van der Waals surface area contributed by atoms with Crippen LogP contribution in [0, 0.1) is 0 Å². The Morgan fingerprint density at radius 2 is 1.26 bits per heavy atom. The smallest absolute Gasteiger partial charge is 0.303 e.